The molecule has 0 radical (unpaired) electrons. The van der Waals surface area contributed by atoms with Crippen molar-refractivity contribution in [3.63, 3.8) is 0 Å². The Morgan fingerprint density at radius 2 is 1.76 bits per heavy atom. The molecule has 0 saturated carbocycles. The van der Waals surface area contributed by atoms with Crippen molar-refractivity contribution in [2.24, 2.45) is 0 Å². The number of rotatable bonds is 6. The van der Waals surface area contributed by atoms with E-state index in [0.29, 0.717) is 41.2 Å². The van der Waals surface area contributed by atoms with Crippen molar-refractivity contribution in [3.8, 4) is 0 Å². The van der Waals surface area contributed by atoms with Crippen LogP contribution in [-0.4, -0.2) is 29.5 Å². The van der Waals surface area contributed by atoms with Gasteiger partial charge < -0.3 is 16.0 Å². The standard InChI is InChI=1S/C14H22Cl2N4O/c1-5-17-12-9(15)8-10(16)13(19-12)18-7-6-11(21)20-14(2,3)4/h8H,5-7H2,1-4H3,(H,20,21)(H2,17,18,19). The lowest BCUT2D eigenvalue weighted by atomic mass is 10.1. The van der Waals surface area contributed by atoms with Crippen molar-refractivity contribution >= 4 is 40.7 Å². The average Bonchev–Trinajstić information content (AvgIpc) is 2.32. The number of carbonyl (C=O) groups is 1. The van der Waals surface area contributed by atoms with Crippen molar-refractivity contribution in [2.75, 3.05) is 23.7 Å². The Kier molecular flexibility index (Phi) is 6.55. The topological polar surface area (TPSA) is 66.0 Å². The minimum Gasteiger partial charge on any atom is -0.369 e. The monoisotopic (exact) mass is 332 g/mol. The normalized spacial score (nSPS) is 11.1. The lowest BCUT2D eigenvalue weighted by Crippen LogP contribution is -2.41. The van der Waals surface area contributed by atoms with Crippen LogP contribution in [0.4, 0.5) is 11.6 Å². The number of hydrogen-bond donors (Lipinski definition) is 3. The summed E-state index contributed by atoms with van der Waals surface area (Å²) in [6.45, 7) is 8.94. The Hall–Kier alpha value is -1.20. The molecular weight excluding hydrogens is 311 g/mol. The van der Waals surface area contributed by atoms with Gasteiger partial charge in [-0.15, -0.1) is 0 Å². The summed E-state index contributed by atoms with van der Waals surface area (Å²) in [4.78, 5) is 16.0. The van der Waals surface area contributed by atoms with Crippen LogP contribution in [0, 0.1) is 0 Å². The quantitative estimate of drug-likeness (QED) is 0.745. The van der Waals surface area contributed by atoms with Crippen molar-refractivity contribution in [1.82, 2.24) is 10.3 Å². The van der Waals surface area contributed by atoms with E-state index in [0.717, 1.165) is 0 Å². The molecule has 1 aromatic rings. The Bertz CT molecular complexity index is 500. The van der Waals surface area contributed by atoms with Crippen molar-refractivity contribution in [2.45, 2.75) is 39.7 Å². The zero-order valence-electron chi connectivity index (χ0n) is 12.8. The number of carbonyl (C=O) groups excluding carboxylic acids is 1. The molecule has 21 heavy (non-hydrogen) atoms. The minimum absolute atomic E-state index is 0.0213. The van der Waals surface area contributed by atoms with Crippen LogP contribution in [0.25, 0.3) is 0 Å². The Morgan fingerprint density at radius 1 is 1.19 bits per heavy atom. The summed E-state index contributed by atoms with van der Waals surface area (Å²) in [5.41, 5.74) is -0.231. The van der Waals surface area contributed by atoms with Gasteiger partial charge in [-0.05, 0) is 33.8 Å². The molecule has 0 atom stereocenters. The molecule has 0 aliphatic rings. The van der Waals surface area contributed by atoms with E-state index in [-0.39, 0.29) is 11.4 Å². The molecule has 1 aromatic heterocycles. The van der Waals surface area contributed by atoms with Crippen LogP contribution in [0.3, 0.4) is 0 Å². The van der Waals surface area contributed by atoms with Crippen LogP contribution < -0.4 is 16.0 Å². The second-order valence-corrected chi connectivity index (χ2v) is 6.47. The van der Waals surface area contributed by atoms with Gasteiger partial charge in [-0.1, -0.05) is 23.2 Å². The van der Waals surface area contributed by atoms with Crippen LogP contribution >= 0.6 is 23.2 Å². The van der Waals surface area contributed by atoms with Crippen LogP contribution in [0.2, 0.25) is 10.0 Å². The van der Waals surface area contributed by atoms with Crippen molar-refractivity contribution in [1.29, 1.82) is 0 Å². The maximum Gasteiger partial charge on any atom is 0.222 e. The number of halogens is 2. The predicted octanol–water partition coefficient (Wildman–Crippen LogP) is 3.54. The van der Waals surface area contributed by atoms with Crippen LogP contribution in [0.15, 0.2) is 6.07 Å². The summed E-state index contributed by atoms with van der Waals surface area (Å²) < 4.78 is 0. The van der Waals surface area contributed by atoms with E-state index in [1.165, 1.54) is 0 Å². The fourth-order valence-corrected chi connectivity index (χ4v) is 2.15. The fraction of sp³-hybridized carbons (Fsp3) is 0.571. The van der Waals surface area contributed by atoms with Crippen LogP contribution in [0.1, 0.15) is 34.1 Å². The Balaban J connectivity index is 2.59. The summed E-state index contributed by atoms with van der Waals surface area (Å²) in [6, 6.07) is 1.63. The lowest BCUT2D eigenvalue weighted by molar-refractivity contribution is -0.122. The number of pyridine rings is 1. The number of anilines is 2. The highest BCUT2D eigenvalue weighted by Crippen LogP contribution is 2.29. The Morgan fingerprint density at radius 3 is 2.29 bits per heavy atom. The van der Waals surface area contributed by atoms with Gasteiger partial charge in [-0.3, -0.25) is 4.79 Å². The zero-order chi connectivity index (χ0) is 16.0. The first-order valence-corrected chi connectivity index (χ1v) is 7.63. The zero-order valence-corrected chi connectivity index (χ0v) is 14.3. The number of nitrogens with zero attached hydrogens (tertiary/aromatic N) is 1. The first-order valence-electron chi connectivity index (χ1n) is 6.87. The van der Waals surface area contributed by atoms with E-state index < -0.39 is 0 Å². The number of amides is 1. The van der Waals surface area contributed by atoms with Gasteiger partial charge >= 0.3 is 0 Å². The summed E-state index contributed by atoms with van der Waals surface area (Å²) in [7, 11) is 0. The SMILES string of the molecule is CCNc1nc(NCCC(=O)NC(C)(C)C)c(Cl)cc1Cl. The van der Waals surface area contributed by atoms with E-state index in [4.69, 9.17) is 23.2 Å². The van der Waals surface area contributed by atoms with Crippen LogP contribution in [-0.2, 0) is 4.79 Å². The highest BCUT2D eigenvalue weighted by atomic mass is 35.5. The summed E-state index contributed by atoms with van der Waals surface area (Å²) in [6.07, 6.45) is 0.342. The molecule has 0 bridgehead atoms. The highest BCUT2D eigenvalue weighted by Gasteiger charge is 2.14. The van der Waals surface area contributed by atoms with E-state index in [1.54, 1.807) is 6.07 Å². The van der Waals surface area contributed by atoms with Crippen LogP contribution in [0.5, 0.6) is 0 Å². The van der Waals surface area contributed by atoms with Crippen molar-refractivity contribution < 1.29 is 4.79 Å². The third kappa shape index (κ3) is 6.40. The minimum atomic E-state index is -0.231. The molecule has 0 aliphatic carbocycles. The molecule has 1 rings (SSSR count). The maximum absolute atomic E-state index is 11.7. The van der Waals surface area contributed by atoms with Gasteiger partial charge in [0.25, 0.3) is 0 Å². The summed E-state index contributed by atoms with van der Waals surface area (Å²) >= 11 is 12.1. The molecular formula is C14H22Cl2N4O. The molecule has 1 heterocycles. The molecule has 7 heteroatoms. The number of aromatic nitrogens is 1. The second kappa shape index (κ2) is 7.71. The van der Waals surface area contributed by atoms with Gasteiger partial charge in [0, 0.05) is 25.0 Å². The first-order chi connectivity index (χ1) is 9.73. The second-order valence-electron chi connectivity index (χ2n) is 5.65. The highest BCUT2D eigenvalue weighted by molar-refractivity contribution is 6.37. The third-order valence-electron chi connectivity index (χ3n) is 2.43. The van der Waals surface area contributed by atoms with Crippen molar-refractivity contribution in [3.05, 3.63) is 16.1 Å². The smallest absolute Gasteiger partial charge is 0.222 e. The van der Waals surface area contributed by atoms with E-state index in [9.17, 15) is 4.79 Å². The Labute approximate surface area is 135 Å². The summed E-state index contributed by atoms with van der Waals surface area (Å²) in [5, 5.41) is 9.90. The predicted molar refractivity (Wildman–Crippen MR) is 89.4 cm³/mol. The maximum atomic E-state index is 11.7. The molecule has 0 aromatic carbocycles. The van der Waals surface area contributed by atoms with Gasteiger partial charge in [0.1, 0.15) is 11.6 Å². The first kappa shape index (κ1) is 17.9. The summed E-state index contributed by atoms with van der Waals surface area (Å²) in [5.74, 6) is 1.07. The largest absolute Gasteiger partial charge is 0.369 e. The lowest BCUT2D eigenvalue weighted by Gasteiger charge is -2.20. The molecule has 5 nitrogen and oxygen atoms in total. The average molecular weight is 333 g/mol. The molecule has 0 spiro atoms. The molecule has 0 saturated heterocycles. The van der Waals surface area contributed by atoms with Gasteiger partial charge in [-0.2, -0.15) is 0 Å². The van der Waals surface area contributed by atoms with Gasteiger partial charge in [0.05, 0.1) is 10.0 Å². The van der Waals surface area contributed by atoms with Gasteiger partial charge in [0.2, 0.25) is 5.91 Å². The molecule has 0 fully saturated rings. The fourth-order valence-electron chi connectivity index (χ4n) is 1.66. The van der Waals surface area contributed by atoms with E-state index in [2.05, 4.69) is 20.9 Å². The number of hydrogen-bond acceptors (Lipinski definition) is 4. The number of nitrogens with one attached hydrogen (secondary N) is 3. The third-order valence-corrected chi connectivity index (χ3v) is 3.01. The molecule has 1 amide bonds. The molecule has 118 valence electrons. The molecule has 0 unspecified atom stereocenters. The van der Waals surface area contributed by atoms with E-state index >= 15 is 0 Å². The van der Waals surface area contributed by atoms with Gasteiger partial charge in [-0.25, -0.2) is 4.98 Å². The molecule has 3 N–H and O–H groups in total. The molecule has 0 aliphatic heterocycles. The van der Waals surface area contributed by atoms with E-state index in [1.807, 2.05) is 27.7 Å². The van der Waals surface area contributed by atoms with Gasteiger partial charge in [0.15, 0.2) is 0 Å².